The fourth-order valence-electron chi connectivity index (χ4n) is 2.92. The van der Waals surface area contributed by atoms with Crippen LogP contribution in [0.5, 0.6) is 0 Å². The Labute approximate surface area is 189 Å². The molecule has 3 aromatic heterocycles. The lowest BCUT2D eigenvalue weighted by Gasteiger charge is -2.22. The fraction of sp³-hybridized carbons (Fsp3) is 0.318. The van der Waals surface area contributed by atoms with Crippen LogP contribution in [0, 0.1) is 5.92 Å². The molecular formula is C22H25N5O4S. The number of anilines is 1. The Balaban J connectivity index is 1.51. The van der Waals surface area contributed by atoms with Crippen LogP contribution in [-0.2, 0) is 22.6 Å². The maximum absolute atomic E-state index is 12.6. The molecule has 3 aromatic rings. The van der Waals surface area contributed by atoms with Crippen molar-refractivity contribution in [3.63, 3.8) is 0 Å². The highest BCUT2D eigenvalue weighted by Crippen LogP contribution is 2.16. The van der Waals surface area contributed by atoms with Gasteiger partial charge in [-0.05, 0) is 35.7 Å². The van der Waals surface area contributed by atoms with Crippen LogP contribution in [-0.4, -0.2) is 45.7 Å². The smallest absolute Gasteiger partial charge is 0.290 e. The van der Waals surface area contributed by atoms with E-state index in [-0.39, 0.29) is 42.4 Å². The Morgan fingerprint density at radius 3 is 2.62 bits per heavy atom. The number of carbonyl (C=O) groups excluding carboxylic acids is 3. The molecule has 168 valence electrons. The van der Waals surface area contributed by atoms with Crippen molar-refractivity contribution in [1.82, 2.24) is 20.2 Å². The maximum Gasteiger partial charge on any atom is 0.290 e. The van der Waals surface area contributed by atoms with Crippen LogP contribution in [0.1, 0.15) is 35.7 Å². The van der Waals surface area contributed by atoms with Gasteiger partial charge in [-0.1, -0.05) is 13.8 Å². The van der Waals surface area contributed by atoms with Crippen LogP contribution in [0.25, 0.3) is 0 Å². The molecule has 0 aromatic carbocycles. The first kappa shape index (κ1) is 23.1. The number of pyridine rings is 1. The van der Waals surface area contributed by atoms with Crippen LogP contribution in [0.2, 0.25) is 0 Å². The van der Waals surface area contributed by atoms with Gasteiger partial charge in [0.05, 0.1) is 18.4 Å². The summed E-state index contributed by atoms with van der Waals surface area (Å²) >= 11 is 1.23. The first-order chi connectivity index (χ1) is 15.4. The molecule has 3 amide bonds. The zero-order chi connectivity index (χ0) is 22.9. The van der Waals surface area contributed by atoms with E-state index < -0.39 is 0 Å². The average Bonchev–Trinajstić information content (AvgIpc) is 3.44. The number of nitrogens with one attached hydrogen (secondary N) is 2. The van der Waals surface area contributed by atoms with Crippen molar-refractivity contribution in [1.29, 1.82) is 0 Å². The van der Waals surface area contributed by atoms with E-state index in [2.05, 4.69) is 20.6 Å². The molecule has 0 aliphatic rings. The highest BCUT2D eigenvalue weighted by atomic mass is 32.1. The summed E-state index contributed by atoms with van der Waals surface area (Å²) in [6.45, 7) is 4.62. The third kappa shape index (κ3) is 7.02. The monoisotopic (exact) mass is 455 g/mol. The highest BCUT2D eigenvalue weighted by Gasteiger charge is 2.22. The van der Waals surface area contributed by atoms with E-state index in [4.69, 9.17) is 4.42 Å². The molecule has 9 nitrogen and oxygen atoms in total. The molecule has 0 aliphatic carbocycles. The zero-order valence-electron chi connectivity index (χ0n) is 17.9. The van der Waals surface area contributed by atoms with Crippen LogP contribution < -0.4 is 10.6 Å². The van der Waals surface area contributed by atoms with E-state index >= 15 is 0 Å². The lowest BCUT2D eigenvalue weighted by Crippen LogP contribution is -2.40. The van der Waals surface area contributed by atoms with E-state index in [1.807, 2.05) is 26.0 Å². The van der Waals surface area contributed by atoms with Crippen LogP contribution in [0.4, 0.5) is 5.13 Å². The Morgan fingerprint density at radius 2 is 1.94 bits per heavy atom. The predicted molar refractivity (Wildman–Crippen MR) is 120 cm³/mol. The van der Waals surface area contributed by atoms with Crippen molar-refractivity contribution in [3.8, 4) is 0 Å². The van der Waals surface area contributed by atoms with Crippen molar-refractivity contribution >= 4 is 34.2 Å². The molecule has 0 bridgehead atoms. The van der Waals surface area contributed by atoms with E-state index in [9.17, 15) is 14.4 Å². The van der Waals surface area contributed by atoms with Crippen molar-refractivity contribution < 1.29 is 18.8 Å². The number of hydrogen-bond acceptors (Lipinski definition) is 7. The standard InChI is InChI=1S/C22H25N5O4S/c1-15(2)12-27(21(30)18-4-3-9-31-18)13-20(29)26-22-25-17(14-32-22)10-19(28)24-11-16-5-7-23-8-6-16/h3-9,14-15H,10-13H2,1-2H3,(H,24,28)(H,25,26,29). The number of nitrogens with zero attached hydrogens (tertiary/aromatic N) is 3. The summed E-state index contributed by atoms with van der Waals surface area (Å²) in [6, 6.07) is 6.86. The Morgan fingerprint density at radius 1 is 1.16 bits per heavy atom. The molecule has 0 saturated heterocycles. The Bertz CT molecular complexity index is 1030. The van der Waals surface area contributed by atoms with E-state index in [1.165, 1.54) is 22.5 Å². The first-order valence-electron chi connectivity index (χ1n) is 10.1. The van der Waals surface area contributed by atoms with Crippen molar-refractivity contribution in [2.24, 2.45) is 5.92 Å². The van der Waals surface area contributed by atoms with Gasteiger partial charge < -0.3 is 20.0 Å². The number of hydrogen-bond donors (Lipinski definition) is 2. The molecule has 0 radical (unpaired) electrons. The molecule has 3 rings (SSSR count). The molecule has 2 N–H and O–H groups in total. The lowest BCUT2D eigenvalue weighted by molar-refractivity contribution is -0.120. The number of rotatable bonds is 10. The number of furan rings is 1. The third-order valence-electron chi connectivity index (χ3n) is 4.32. The normalized spacial score (nSPS) is 10.7. The van der Waals surface area contributed by atoms with Crippen molar-refractivity contribution in [2.45, 2.75) is 26.8 Å². The van der Waals surface area contributed by atoms with Crippen molar-refractivity contribution in [3.05, 3.63) is 65.3 Å². The zero-order valence-corrected chi connectivity index (χ0v) is 18.7. The van der Waals surface area contributed by atoms with Crippen LogP contribution in [0.3, 0.4) is 0 Å². The second kappa shape index (κ2) is 11.2. The average molecular weight is 456 g/mol. The summed E-state index contributed by atoms with van der Waals surface area (Å²) in [5.74, 6) is -0.512. The molecule has 3 heterocycles. The molecule has 0 aliphatic heterocycles. The molecule has 10 heteroatoms. The Kier molecular flexibility index (Phi) is 8.09. The summed E-state index contributed by atoms with van der Waals surface area (Å²) in [5.41, 5.74) is 1.51. The molecular weight excluding hydrogens is 430 g/mol. The van der Waals surface area contributed by atoms with Gasteiger partial charge in [0.1, 0.15) is 6.54 Å². The van der Waals surface area contributed by atoms with Gasteiger partial charge in [0, 0.05) is 30.9 Å². The summed E-state index contributed by atoms with van der Waals surface area (Å²) in [4.78, 5) is 47.0. The number of aromatic nitrogens is 2. The third-order valence-corrected chi connectivity index (χ3v) is 5.12. The van der Waals surface area contributed by atoms with Crippen LogP contribution in [0.15, 0.2) is 52.7 Å². The largest absolute Gasteiger partial charge is 0.459 e. The molecule has 0 spiro atoms. The second-order valence-corrected chi connectivity index (χ2v) is 8.42. The van der Waals surface area contributed by atoms with Gasteiger partial charge in [-0.2, -0.15) is 0 Å². The molecule has 32 heavy (non-hydrogen) atoms. The number of carbonyl (C=O) groups is 3. The molecule has 0 atom stereocenters. The molecule has 0 unspecified atom stereocenters. The summed E-state index contributed by atoms with van der Waals surface area (Å²) < 4.78 is 5.17. The predicted octanol–water partition coefficient (Wildman–Crippen LogP) is 2.73. The summed E-state index contributed by atoms with van der Waals surface area (Å²) in [7, 11) is 0. The quantitative estimate of drug-likeness (QED) is 0.485. The van der Waals surface area contributed by atoms with E-state index in [1.54, 1.807) is 29.9 Å². The first-order valence-corrected chi connectivity index (χ1v) is 11.0. The van der Waals surface area contributed by atoms with Gasteiger partial charge in [-0.25, -0.2) is 4.98 Å². The topological polar surface area (TPSA) is 117 Å². The van der Waals surface area contributed by atoms with Gasteiger partial charge in [0.15, 0.2) is 10.9 Å². The van der Waals surface area contributed by atoms with Crippen molar-refractivity contribution in [2.75, 3.05) is 18.4 Å². The minimum Gasteiger partial charge on any atom is -0.459 e. The van der Waals surface area contributed by atoms with Gasteiger partial charge in [-0.15, -0.1) is 11.3 Å². The van der Waals surface area contributed by atoms with Crippen LogP contribution >= 0.6 is 11.3 Å². The SMILES string of the molecule is CC(C)CN(CC(=O)Nc1nc(CC(=O)NCc2ccncc2)cs1)C(=O)c1ccco1. The number of thiazole rings is 1. The minimum atomic E-state index is -0.367. The second-order valence-electron chi connectivity index (χ2n) is 7.56. The highest BCUT2D eigenvalue weighted by molar-refractivity contribution is 7.13. The van der Waals surface area contributed by atoms with Gasteiger partial charge in [-0.3, -0.25) is 19.4 Å². The van der Waals surface area contributed by atoms with Gasteiger partial charge >= 0.3 is 0 Å². The van der Waals surface area contributed by atoms with Gasteiger partial charge in [0.25, 0.3) is 5.91 Å². The van der Waals surface area contributed by atoms with E-state index in [0.717, 1.165) is 5.56 Å². The molecule has 0 fully saturated rings. The summed E-state index contributed by atoms with van der Waals surface area (Å²) in [5, 5.41) is 7.63. The van der Waals surface area contributed by atoms with Gasteiger partial charge in [0.2, 0.25) is 11.8 Å². The maximum atomic E-state index is 12.6. The Hall–Kier alpha value is -3.53. The minimum absolute atomic E-state index is 0.105. The lowest BCUT2D eigenvalue weighted by atomic mass is 10.2. The number of amides is 3. The fourth-order valence-corrected chi connectivity index (χ4v) is 3.65. The summed E-state index contributed by atoms with van der Waals surface area (Å²) in [6.07, 6.45) is 4.86. The van der Waals surface area contributed by atoms with E-state index in [0.29, 0.717) is 23.9 Å². The molecule has 0 saturated carbocycles.